The maximum Gasteiger partial charge on any atom is 0.189 e. The maximum atomic E-state index is 6.18. The zero-order chi connectivity index (χ0) is 16.1. The van der Waals surface area contributed by atoms with Crippen LogP contribution in [0.4, 0.5) is 0 Å². The number of pyridine rings is 1. The van der Waals surface area contributed by atoms with Gasteiger partial charge in [0.1, 0.15) is 0 Å². The predicted molar refractivity (Wildman–Crippen MR) is 92.3 cm³/mol. The summed E-state index contributed by atoms with van der Waals surface area (Å²) < 4.78 is 0. The number of aromatic nitrogens is 1. The van der Waals surface area contributed by atoms with E-state index in [-0.39, 0.29) is 6.04 Å². The summed E-state index contributed by atoms with van der Waals surface area (Å²) >= 11 is 12.1. The first-order valence-corrected chi connectivity index (χ1v) is 7.64. The van der Waals surface area contributed by atoms with Gasteiger partial charge in [-0.25, -0.2) is 4.99 Å². The van der Waals surface area contributed by atoms with Gasteiger partial charge in [0.2, 0.25) is 0 Å². The largest absolute Gasteiger partial charge is 0.370 e. The van der Waals surface area contributed by atoms with Crippen LogP contribution in [0.3, 0.4) is 0 Å². The lowest BCUT2D eigenvalue weighted by atomic mass is 10.1. The molecule has 1 aromatic carbocycles. The number of halogens is 2. The summed E-state index contributed by atoms with van der Waals surface area (Å²) in [7, 11) is 0. The second-order valence-corrected chi connectivity index (χ2v) is 5.88. The molecule has 2 aromatic rings. The third-order valence-corrected chi connectivity index (χ3v) is 3.76. The minimum absolute atomic E-state index is 0.0651. The molecule has 0 saturated carbocycles. The van der Waals surface area contributed by atoms with Gasteiger partial charge >= 0.3 is 0 Å². The predicted octanol–water partition coefficient (Wildman–Crippen LogP) is 3.86. The van der Waals surface area contributed by atoms with Gasteiger partial charge in [0, 0.05) is 21.9 Å². The molecule has 0 saturated heterocycles. The fraction of sp³-hybridized carbons (Fsp3) is 0.250. The van der Waals surface area contributed by atoms with Crippen LogP contribution in [0.2, 0.25) is 10.0 Å². The number of nitrogens with zero attached hydrogens (tertiary/aromatic N) is 2. The average molecular weight is 337 g/mol. The zero-order valence-electron chi connectivity index (χ0n) is 12.5. The smallest absolute Gasteiger partial charge is 0.189 e. The van der Waals surface area contributed by atoms with Gasteiger partial charge in [-0.3, -0.25) is 4.98 Å². The summed E-state index contributed by atoms with van der Waals surface area (Å²) in [5.74, 6) is 0.360. The minimum atomic E-state index is -0.0651. The molecule has 22 heavy (non-hydrogen) atoms. The Labute approximate surface area is 140 Å². The van der Waals surface area contributed by atoms with E-state index in [2.05, 4.69) is 15.3 Å². The third-order valence-electron chi connectivity index (χ3n) is 3.20. The molecule has 0 bridgehead atoms. The van der Waals surface area contributed by atoms with Gasteiger partial charge in [0.15, 0.2) is 5.96 Å². The molecule has 0 fully saturated rings. The Morgan fingerprint density at radius 1 is 1.32 bits per heavy atom. The fourth-order valence-electron chi connectivity index (χ4n) is 1.97. The molecule has 1 atom stereocenters. The van der Waals surface area contributed by atoms with E-state index in [4.69, 9.17) is 28.9 Å². The molecule has 0 aliphatic rings. The molecule has 116 valence electrons. The number of nitrogens with two attached hydrogens (primary N) is 1. The summed E-state index contributed by atoms with van der Waals surface area (Å²) in [4.78, 5) is 8.54. The SMILES string of the molecule is Cc1ccc(CN=C(N)NC(C)c2ccc(Cl)cc2Cl)cn1. The maximum absolute atomic E-state index is 6.18. The molecule has 0 amide bonds. The Morgan fingerprint density at radius 3 is 2.73 bits per heavy atom. The average Bonchev–Trinajstić information content (AvgIpc) is 2.46. The number of rotatable bonds is 4. The Bertz CT molecular complexity index is 668. The molecular formula is C16H18Cl2N4. The van der Waals surface area contributed by atoms with Crippen molar-refractivity contribution in [1.82, 2.24) is 10.3 Å². The van der Waals surface area contributed by atoms with Crippen molar-refractivity contribution in [2.75, 3.05) is 0 Å². The van der Waals surface area contributed by atoms with E-state index in [1.54, 1.807) is 18.3 Å². The van der Waals surface area contributed by atoms with E-state index in [1.807, 2.05) is 32.0 Å². The van der Waals surface area contributed by atoms with Crippen LogP contribution in [-0.2, 0) is 6.54 Å². The minimum Gasteiger partial charge on any atom is -0.370 e. The van der Waals surface area contributed by atoms with E-state index in [0.717, 1.165) is 16.8 Å². The van der Waals surface area contributed by atoms with Crippen LogP contribution in [-0.4, -0.2) is 10.9 Å². The van der Waals surface area contributed by atoms with Crippen LogP contribution in [0, 0.1) is 6.92 Å². The summed E-state index contributed by atoms with van der Waals surface area (Å²) in [6, 6.07) is 9.25. The molecular weight excluding hydrogens is 319 g/mol. The first-order chi connectivity index (χ1) is 10.5. The molecule has 1 unspecified atom stereocenters. The third kappa shape index (κ3) is 4.61. The Kier molecular flexibility index (Phi) is 5.63. The standard InChI is InChI=1S/C16H18Cl2N4/c1-10-3-4-12(8-20-10)9-21-16(19)22-11(2)14-6-5-13(17)7-15(14)18/h3-8,11H,9H2,1-2H3,(H3,19,21,22). The number of guanidine groups is 1. The monoisotopic (exact) mass is 336 g/mol. The van der Waals surface area contributed by atoms with Crippen LogP contribution >= 0.6 is 23.2 Å². The van der Waals surface area contributed by atoms with Crippen LogP contribution in [0.15, 0.2) is 41.5 Å². The van der Waals surface area contributed by atoms with Gasteiger partial charge in [0.05, 0.1) is 12.6 Å². The lowest BCUT2D eigenvalue weighted by Crippen LogP contribution is -2.34. The van der Waals surface area contributed by atoms with Gasteiger partial charge < -0.3 is 11.1 Å². The Morgan fingerprint density at radius 2 is 2.09 bits per heavy atom. The number of benzene rings is 1. The molecule has 0 aliphatic heterocycles. The molecule has 4 nitrogen and oxygen atoms in total. The first-order valence-electron chi connectivity index (χ1n) is 6.88. The van der Waals surface area contributed by atoms with Gasteiger partial charge in [0.25, 0.3) is 0 Å². The number of aliphatic imine (C=N–C) groups is 1. The number of hydrogen-bond acceptors (Lipinski definition) is 2. The second-order valence-electron chi connectivity index (χ2n) is 5.04. The number of aryl methyl sites for hydroxylation is 1. The van der Waals surface area contributed by atoms with Crippen molar-refractivity contribution >= 4 is 29.2 Å². The Balaban J connectivity index is 1.99. The van der Waals surface area contributed by atoms with E-state index >= 15 is 0 Å². The normalized spacial score (nSPS) is 13.0. The van der Waals surface area contributed by atoms with Crippen molar-refractivity contribution < 1.29 is 0 Å². The summed E-state index contributed by atoms with van der Waals surface area (Å²) in [5, 5.41) is 4.32. The highest BCUT2D eigenvalue weighted by molar-refractivity contribution is 6.35. The molecule has 2 rings (SSSR count). The molecule has 0 spiro atoms. The summed E-state index contributed by atoms with van der Waals surface area (Å²) in [6.45, 7) is 4.39. The highest BCUT2D eigenvalue weighted by Crippen LogP contribution is 2.25. The Hall–Kier alpha value is -1.78. The molecule has 6 heteroatoms. The lowest BCUT2D eigenvalue weighted by molar-refractivity contribution is 0.708. The van der Waals surface area contributed by atoms with E-state index in [1.165, 1.54) is 0 Å². The molecule has 0 aliphatic carbocycles. The number of nitrogens with one attached hydrogen (secondary N) is 1. The second kappa shape index (κ2) is 7.47. The van der Waals surface area contributed by atoms with Gasteiger partial charge in [-0.2, -0.15) is 0 Å². The lowest BCUT2D eigenvalue weighted by Gasteiger charge is -2.16. The van der Waals surface area contributed by atoms with E-state index in [9.17, 15) is 0 Å². The van der Waals surface area contributed by atoms with Crippen molar-refractivity contribution in [2.45, 2.75) is 26.4 Å². The van der Waals surface area contributed by atoms with Crippen molar-refractivity contribution in [3.8, 4) is 0 Å². The highest BCUT2D eigenvalue weighted by atomic mass is 35.5. The van der Waals surface area contributed by atoms with Crippen LogP contribution in [0.1, 0.15) is 29.8 Å². The van der Waals surface area contributed by atoms with E-state index < -0.39 is 0 Å². The number of hydrogen-bond donors (Lipinski definition) is 2. The van der Waals surface area contributed by atoms with E-state index in [0.29, 0.717) is 22.5 Å². The van der Waals surface area contributed by atoms with Crippen LogP contribution in [0.25, 0.3) is 0 Å². The first kappa shape index (κ1) is 16.6. The summed E-state index contributed by atoms with van der Waals surface area (Å²) in [5.41, 5.74) is 8.82. The van der Waals surface area contributed by atoms with Crippen LogP contribution in [0.5, 0.6) is 0 Å². The van der Waals surface area contributed by atoms with Gasteiger partial charge in [-0.15, -0.1) is 0 Å². The highest BCUT2D eigenvalue weighted by Gasteiger charge is 2.10. The molecule has 3 N–H and O–H groups in total. The molecule has 0 radical (unpaired) electrons. The van der Waals surface area contributed by atoms with Crippen molar-refractivity contribution in [2.24, 2.45) is 10.7 Å². The van der Waals surface area contributed by atoms with Crippen molar-refractivity contribution in [1.29, 1.82) is 0 Å². The summed E-state index contributed by atoms with van der Waals surface area (Å²) in [6.07, 6.45) is 1.80. The van der Waals surface area contributed by atoms with Crippen LogP contribution < -0.4 is 11.1 Å². The van der Waals surface area contributed by atoms with Crippen molar-refractivity contribution in [3.63, 3.8) is 0 Å². The quantitative estimate of drug-likeness (QED) is 0.658. The van der Waals surface area contributed by atoms with Crippen molar-refractivity contribution in [3.05, 3.63) is 63.4 Å². The van der Waals surface area contributed by atoms with Gasteiger partial charge in [-0.1, -0.05) is 35.3 Å². The fourth-order valence-corrected chi connectivity index (χ4v) is 2.54. The van der Waals surface area contributed by atoms with Gasteiger partial charge in [-0.05, 0) is 43.2 Å². The zero-order valence-corrected chi connectivity index (χ0v) is 14.0. The molecule has 1 aromatic heterocycles. The molecule has 1 heterocycles. The topological polar surface area (TPSA) is 63.3 Å².